The van der Waals surface area contributed by atoms with Crippen LogP contribution in [0.25, 0.3) is 0 Å². The Morgan fingerprint density at radius 2 is 1.77 bits per heavy atom. The summed E-state index contributed by atoms with van der Waals surface area (Å²) in [6, 6.07) is 15.1. The Kier molecular flexibility index (Phi) is 6.19. The molecular formula is C22H17FN4O3S. The van der Waals surface area contributed by atoms with Crippen molar-refractivity contribution in [3.8, 4) is 23.6 Å². The molecule has 0 aliphatic carbocycles. The molecule has 7 nitrogen and oxygen atoms in total. The van der Waals surface area contributed by atoms with Gasteiger partial charge in [0.15, 0.2) is 0 Å². The summed E-state index contributed by atoms with van der Waals surface area (Å²) in [6.45, 7) is 3.90. The van der Waals surface area contributed by atoms with Crippen LogP contribution in [0.4, 0.5) is 10.2 Å². The van der Waals surface area contributed by atoms with Crippen LogP contribution in [0.1, 0.15) is 36.5 Å². The zero-order valence-electron chi connectivity index (χ0n) is 16.6. The van der Waals surface area contributed by atoms with Crippen LogP contribution in [0.5, 0.6) is 11.5 Å². The quantitative estimate of drug-likeness (QED) is 0.600. The van der Waals surface area contributed by atoms with Crippen LogP contribution in [0, 0.1) is 28.5 Å². The molecule has 0 amide bonds. The van der Waals surface area contributed by atoms with Crippen molar-refractivity contribution in [1.29, 1.82) is 10.5 Å². The van der Waals surface area contributed by atoms with Gasteiger partial charge in [0.05, 0.1) is 28.3 Å². The van der Waals surface area contributed by atoms with E-state index >= 15 is 0 Å². The van der Waals surface area contributed by atoms with Gasteiger partial charge in [0, 0.05) is 0 Å². The first-order valence-corrected chi connectivity index (χ1v) is 10.6. The number of nitriles is 2. The molecule has 0 saturated carbocycles. The van der Waals surface area contributed by atoms with Gasteiger partial charge < -0.3 is 4.74 Å². The third-order valence-corrected chi connectivity index (χ3v) is 5.69. The average molecular weight is 436 g/mol. The number of halogens is 1. The van der Waals surface area contributed by atoms with E-state index < -0.39 is 15.8 Å². The number of hydrogen-bond donors (Lipinski definition) is 1. The minimum Gasteiger partial charge on any atom is -0.456 e. The lowest BCUT2D eigenvalue weighted by atomic mass is 9.97. The van der Waals surface area contributed by atoms with Gasteiger partial charge in [-0.05, 0) is 60.0 Å². The molecule has 1 N–H and O–H groups in total. The largest absolute Gasteiger partial charge is 0.456 e. The molecule has 0 bridgehead atoms. The maximum Gasteiger partial charge on any atom is 0.263 e. The summed E-state index contributed by atoms with van der Waals surface area (Å²) in [5, 5.41) is 18.7. The molecule has 0 radical (unpaired) electrons. The number of nitrogens with zero attached hydrogens (tertiary/aromatic N) is 3. The highest BCUT2D eigenvalue weighted by molar-refractivity contribution is 7.92. The number of nitrogens with one attached hydrogen (secondary N) is 1. The maximum absolute atomic E-state index is 13.0. The van der Waals surface area contributed by atoms with Crippen LogP contribution in [0.2, 0.25) is 0 Å². The van der Waals surface area contributed by atoms with E-state index in [2.05, 4.69) is 15.8 Å². The van der Waals surface area contributed by atoms with E-state index in [1.807, 2.05) is 19.9 Å². The number of anilines is 1. The number of aromatic nitrogens is 1. The normalized spacial score (nSPS) is 10.9. The molecule has 3 rings (SSSR count). The Balaban J connectivity index is 1.90. The molecule has 1 aromatic heterocycles. The second kappa shape index (κ2) is 8.82. The van der Waals surface area contributed by atoms with Gasteiger partial charge in [0.2, 0.25) is 0 Å². The van der Waals surface area contributed by atoms with Crippen molar-refractivity contribution >= 4 is 15.8 Å². The fraction of sp³-hybridized carbons (Fsp3) is 0.136. The van der Waals surface area contributed by atoms with Gasteiger partial charge in [-0.1, -0.05) is 13.8 Å². The van der Waals surface area contributed by atoms with Crippen LogP contribution in [-0.4, -0.2) is 13.4 Å². The van der Waals surface area contributed by atoms with E-state index in [-0.39, 0.29) is 27.9 Å². The Morgan fingerprint density at radius 1 is 1.03 bits per heavy atom. The lowest BCUT2D eigenvalue weighted by Crippen LogP contribution is -2.14. The number of hydrogen-bond acceptors (Lipinski definition) is 6. The predicted molar refractivity (Wildman–Crippen MR) is 111 cm³/mol. The molecule has 0 aliphatic heterocycles. The average Bonchev–Trinajstić information content (AvgIpc) is 2.75. The minimum atomic E-state index is -4.05. The summed E-state index contributed by atoms with van der Waals surface area (Å²) in [6.07, 6.45) is 0.887. The minimum absolute atomic E-state index is 0.00500. The van der Waals surface area contributed by atoms with E-state index in [1.165, 1.54) is 24.3 Å². The standard InChI is InChI=1S/C22H17FN4O3S/c1-14(2)20-10-18(5-3-15(20)11-24)30-21-7-6-19(9-16(21)12-25)31(28,29)27-22-8-4-17(23)13-26-22/h3-10,13-14H,1-2H3,(H,26,27). The second-order valence-corrected chi connectivity index (χ2v) is 8.54. The Hall–Kier alpha value is -3.95. The summed E-state index contributed by atoms with van der Waals surface area (Å²) in [5.41, 5.74) is 1.34. The van der Waals surface area contributed by atoms with E-state index in [0.717, 1.165) is 17.8 Å². The molecule has 3 aromatic rings. The third kappa shape index (κ3) is 4.97. The molecule has 0 aliphatic rings. The van der Waals surface area contributed by atoms with Gasteiger partial charge >= 0.3 is 0 Å². The zero-order chi connectivity index (χ0) is 22.6. The van der Waals surface area contributed by atoms with Crippen molar-refractivity contribution in [3.63, 3.8) is 0 Å². The number of ether oxygens (including phenoxy) is 1. The summed E-state index contributed by atoms with van der Waals surface area (Å²) in [5.74, 6) is 0.0233. The van der Waals surface area contributed by atoms with E-state index in [1.54, 1.807) is 18.2 Å². The van der Waals surface area contributed by atoms with Crippen molar-refractivity contribution in [3.05, 3.63) is 77.2 Å². The smallest absolute Gasteiger partial charge is 0.263 e. The van der Waals surface area contributed by atoms with Crippen LogP contribution in [0.15, 0.2) is 59.6 Å². The Morgan fingerprint density at radius 3 is 2.39 bits per heavy atom. The van der Waals surface area contributed by atoms with E-state index in [4.69, 9.17) is 4.74 Å². The first-order valence-electron chi connectivity index (χ1n) is 9.14. The van der Waals surface area contributed by atoms with Gasteiger partial charge in [-0.25, -0.2) is 17.8 Å². The van der Waals surface area contributed by atoms with E-state index in [9.17, 15) is 23.3 Å². The highest BCUT2D eigenvalue weighted by Gasteiger charge is 2.18. The first-order chi connectivity index (χ1) is 14.7. The predicted octanol–water partition coefficient (Wildman–Crippen LogP) is 4.68. The first kappa shape index (κ1) is 21.8. The van der Waals surface area contributed by atoms with Crippen molar-refractivity contribution < 1.29 is 17.5 Å². The molecule has 0 saturated heterocycles. The fourth-order valence-corrected chi connectivity index (χ4v) is 3.83. The zero-order valence-corrected chi connectivity index (χ0v) is 17.4. The SMILES string of the molecule is CC(C)c1cc(Oc2ccc(S(=O)(=O)Nc3ccc(F)cn3)cc2C#N)ccc1C#N. The topological polar surface area (TPSA) is 116 Å². The van der Waals surface area contributed by atoms with Crippen molar-refractivity contribution in [2.45, 2.75) is 24.7 Å². The number of benzene rings is 2. The monoisotopic (exact) mass is 436 g/mol. The summed E-state index contributed by atoms with van der Waals surface area (Å²) < 4.78 is 46.2. The highest BCUT2D eigenvalue weighted by Crippen LogP contribution is 2.31. The second-order valence-electron chi connectivity index (χ2n) is 6.85. The molecule has 156 valence electrons. The molecule has 0 spiro atoms. The molecule has 1 heterocycles. The van der Waals surface area contributed by atoms with Crippen molar-refractivity contribution in [2.24, 2.45) is 0 Å². The van der Waals surface area contributed by atoms with Crippen LogP contribution >= 0.6 is 0 Å². The van der Waals surface area contributed by atoms with Crippen LogP contribution in [-0.2, 0) is 10.0 Å². The fourth-order valence-electron chi connectivity index (χ4n) is 2.80. The van der Waals surface area contributed by atoms with Crippen LogP contribution in [0.3, 0.4) is 0 Å². The number of sulfonamides is 1. The lowest BCUT2D eigenvalue weighted by molar-refractivity contribution is 0.479. The summed E-state index contributed by atoms with van der Waals surface area (Å²) >= 11 is 0. The van der Waals surface area contributed by atoms with Gasteiger partial charge in [-0.2, -0.15) is 10.5 Å². The Labute approximate surface area is 179 Å². The van der Waals surface area contributed by atoms with Crippen molar-refractivity contribution in [1.82, 2.24) is 4.98 Å². The van der Waals surface area contributed by atoms with Gasteiger partial charge in [-0.15, -0.1) is 0 Å². The molecule has 0 unspecified atom stereocenters. The summed E-state index contributed by atoms with van der Waals surface area (Å²) in [4.78, 5) is 3.49. The van der Waals surface area contributed by atoms with Crippen LogP contribution < -0.4 is 9.46 Å². The molecule has 9 heteroatoms. The number of rotatable bonds is 6. The van der Waals surface area contributed by atoms with Crippen molar-refractivity contribution in [2.75, 3.05) is 4.72 Å². The van der Waals surface area contributed by atoms with Gasteiger partial charge in [0.1, 0.15) is 29.2 Å². The van der Waals surface area contributed by atoms with Gasteiger partial charge in [0.25, 0.3) is 10.0 Å². The third-order valence-electron chi connectivity index (χ3n) is 4.34. The molecule has 0 atom stereocenters. The Bertz CT molecular complexity index is 1310. The maximum atomic E-state index is 13.0. The summed E-state index contributed by atoms with van der Waals surface area (Å²) in [7, 11) is -4.05. The number of pyridine rings is 1. The molecule has 0 fully saturated rings. The van der Waals surface area contributed by atoms with E-state index in [0.29, 0.717) is 11.3 Å². The molecule has 31 heavy (non-hydrogen) atoms. The highest BCUT2D eigenvalue weighted by atomic mass is 32.2. The lowest BCUT2D eigenvalue weighted by Gasteiger charge is -2.13. The molecule has 2 aromatic carbocycles. The van der Waals surface area contributed by atoms with Gasteiger partial charge in [-0.3, -0.25) is 4.72 Å². The molecular weight excluding hydrogens is 419 g/mol.